The lowest BCUT2D eigenvalue weighted by Crippen LogP contribution is -2.10. The fraction of sp³-hybridized carbons (Fsp3) is 0.455. The van der Waals surface area contributed by atoms with E-state index in [2.05, 4.69) is 25.8 Å². The van der Waals surface area contributed by atoms with Crippen molar-refractivity contribution in [3.05, 3.63) is 29.6 Å². The maximum absolute atomic E-state index is 8.65. The molecule has 0 aliphatic carbocycles. The number of hydrogen-bond donors (Lipinski definition) is 0. The van der Waals surface area contributed by atoms with Crippen LogP contribution in [-0.2, 0) is 6.42 Å². The van der Waals surface area contributed by atoms with Gasteiger partial charge in [0.1, 0.15) is 11.8 Å². The van der Waals surface area contributed by atoms with Gasteiger partial charge in [0.2, 0.25) is 0 Å². The van der Waals surface area contributed by atoms with Crippen LogP contribution in [0.3, 0.4) is 0 Å². The summed E-state index contributed by atoms with van der Waals surface area (Å²) in [6.45, 7) is 6.48. The smallest absolute Gasteiger partial charge is 0.140 e. The van der Waals surface area contributed by atoms with E-state index in [9.17, 15) is 0 Å². The summed E-state index contributed by atoms with van der Waals surface area (Å²) in [5.74, 6) is 0. The summed E-state index contributed by atoms with van der Waals surface area (Å²) in [4.78, 5) is 4.22. The molecule has 0 fully saturated rings. The zero-order valence-corrected chi connectivity index (χ0v) is 8.33. The van der Waals surface area contributed by atoms with Gasteiger partial charge in [0.15, 0.2) is 0 Å². The van der Waals surface area contributed by atoms with E-state index in [-0.39, 0.29) is 5.41 Å². The van der Waals surface area contributed by atoms with E-state index < -0.39 is 0 Å². The molecular formula is C11H14N2. The third kappa shape index (κ3) is 3.25. The minimum atomic E-state index is 0.223. The summed E-state index contributed by atoms with van der Waals surface area (Å²) in [6.07, 6.45) is 0.905. The Hall–Kier alpha value is -1.36. The molecule has 13 heavy (non-hydrogen) atoms. The van der Waals surface area contributed by atoms with E-state index >= 15 is 0 Å². The molecule has 2 heteroatoms. The molecule has 68 valence electrons. The predicted molar refractivity (Wildman–Crippen MR) is 52.1 cm³/mol. The molecule has 0 aromatic carbocycles. The summed E-state index contributed by atoms with van der Waals surface area (Å²) >= 11 is 0. The first-order valence-electron chi connectivity index (χ1n) is 4.37. The molecule has 0 saturated carbocycles. The SMILES string of the molecule is CC(C)(C)Cc1cccc(C#N)n1. The minimum Gasteiger partial charge on any atom is -0.242 e. The average Bonchev–Trinajstić information content (AvgIpc) is 2.01. The van der Waals surface area contributed by atoms with Gasteiger partial charge >= 0.3 is 0 Å². The van der Waals surface area contributed by atoms with Crippen molar-refractivity contribution in [1.82, 2.24) is 4.98 Å². The Labute approximate surface area is 79.2 Å². The van der Waals surface area contributed by atoms with Crippen molar-refractivity contribution in [1.29, 1.82) is 5.26 Å². The molecule has 1 heterocycles. The summed E-state index contributed by atoms with van der Waals surface area (Å²) < 4.78 is 0. The van der Waals surface area contributed by atoms with Crippen LogP contribution in [-0.4, -0.2) is 4.98 Å². The van der Waals surface area contributed by atoms with Gasteiger partial charge in [-0.25, -0.2) is 4.98 Å². The first-order chi connectivity index (χ1) is 6.01. The fourth-order valence-corrected chi connectivity index (χ4v) is 1.18. The number of nitriles is 1. The van der Waals surface area contributed by atoms with E-state index in [0.717, 1.165) is 12.1 Å². The van der Waals surface area contributed by atoms with Crippen molar-refractivity contribution in [2.45, 2.75) is 27.2 Å². The van der Waals surface area contributed by atoms with Crippen LogP contribution in [0.25, 0.3) is 0 Å². The fourth-order valence-electron chi connectivity index (χ4n) is 1.18. The summed E-state index contributed by atoms with van der Waals surface area (Å²) in [7, 11) is 0. The van der Waals surface area contributed by atoms with Gasteiger partial charge in [-0.15, -0.1) is 0 Å². The Bertz CT molecular complexity index is 329. The van der Waals surface area contributed by atoms with Crippen molar-refractivity contribution in [2.24, 2.45) is 5.41 Å². The topological polar surface area (TPSA) is 36.7 Å². The van der Waals surface area contributed by atoms with E-state index in [1.807, 2.05) is 18.2 Å². The molecule has 1 aromatic rings. The lowest BCUT2D eigenvalue weighted by Gasteiger charge is -2.16. The Morgan fingerprint density at radius 3 is 2.62 bits per heavy atom. The van der Waals surface area contributed by atoms with Crippen LogP contribution in [0.4, 0.5) is 0 Å². The summed E-state index contributed by atoms with van der Waals surface area (Å²) in [5.41, 5.74) is 1.72. The Morgan fingerprint density at radius 1 is 1.38 bits per heavy atom. The molecule has 0 radical (unpaired) electrons. The second kappa shape index (κ2) is 3.57. The van der Waals surface area contributed by atoms with Crippen LogP contribution in [0.2, 0.25) is 0 Å². The third-order valence-corrected chi connectivity index (χ3v) is 1.63. The van der Waals surface area contributed by atoms with Crippen LogP contribution in [0.1, 0.15) is 32.2 Å². The molecule has 0 amide bonds. The Kier molecular flexibility index (Phi) is 2.67. The molecule has 1 aromatic heterocycles. The van der Waals surface area contributed by atoms with E-state index in [1.54, 1.807) is 6.07 Å². The summed E-state index contributed by atoms with van der Waals surface area (Å²) in [6, 6.07) is 7.62. The minimum absolute atomic E-state index is 0.223. The van der Waals surface area contributed by atoms with Crippen LogP contribution in [0.5, 0.6) is 0 Å². The van der Waals surface area contributed by atoms with Crippen LogP contribution >= 0.6 is 0 Å². The standard InChI is InChI=1S/C11H14N2/c1-11(2,3)7-9-5-4-6-10(8-12)13-9/h4-6H,7H2,1-3H3. The molecular weight excluding hydrogens is 160 g/mol. The molecule has 1 rings (SSSR count). The second-order valence-electron chi connectivity index (χ2n) is 4.36. The molecule has 0 bridgehead atoms. The quantitative estimate of drug-likeness (QED) is 0.656. The van der Waals surface area contributed by atoms with Gasteiger partial charge < -0.3 is 0 Å². The third-order valence-electron chi connectivity index (χ3n) is 1.63. The van der Waals surface area contributed by atoms with Crippen molar-refractivity contribution < 1.29 is 0 Å². The van der Waals surface area contributed by atoms with Gasteiger partial charge in [0.25, 0.3) is 0 Å². The van der Waals surface area contributed by atoms with E-state index in [0.29, 0.717) is 5.69 Å². The lowest BCUT2D eigenvalue weighted by atomic mass is 9.90. The van der Waals surface area contributed by atoms with Crippen molar-refractivity contribution in [2.75, 3.05) is 0 Å². The van der Waals surface area contributed by atoms with Crippen LogP contribution in [0.15, 0.2) is 18.2 Å². The largest absolute Gasteiger partial charge is 0.242 e. The molecule has 0 N–H and O–H groups in total. The Balaban J connectivity index is 2.86. The highest BCUT2D eigenvalue weighted by Gasteiger charge is 2.12. The highest BCUT2D eigenvalue weighted by Crippen LogP contribution is 2.19. The second-order valence-corrected chi connectivity index (χ2v) is 4.36. The monoisotopic (exact) mass is 174 g/mol. The molecule has 0 spiro atoms. The highest BCUT2D eigenvalue weighted by molar-refractivity contribution is 5.22. The molecule has 2 nitrogen and oxygen atoms in total. The van der Waals surface area contributed by atoms with Gasteiger partial charge in [-0.3, -0.25) is 0 Å². The summed E-state index contributed by atoms with van der Waals surface area (Å²) in [5, 5.41) is 8.65. The number of aromatic nitrogens is 1. The number of pyridine rings is 1. The van der Waals surface area contributed by atoms with Gasteiger partial charge in [0, 0.05) is 5.69 Å². The maximum atomic E-state index is 8.65. The predicted octanol–water partition coefficient (Wildman–Crippen LogP) is 2.54. The van der Waals surface area contributed by atoms with Crippen LogP contribution < -0.4 is 0 Å². The van der Waals surface area contributed by atoms with Crippen molar-refractivity contribution in [3.8, 4) is 6.07 Å². The highest BCUT2D eigenvalue weighted by atomic mass is 14.7. The molecule has 0 aliphatic heterocycles. The van der Waals surface area contributed by atoms with Gasteiger partial charge in [-0.2, -0.15) is 5.26 Å². The number of hydrogen-bond acceptors (Lipinski definition) is 2. The van der Waals surface area contributed by atoms with Crippen molar-refractivity contribution in [3.63, 3.8) is 0 Å². The number of nitrogens with zero attached hydrogens (tertiary/aromatic N) is 2. The zero-order chi connectivity index (χ0) is 9.90. The first-order valence-corrected chi connectivity index (χ1v) is 4.37. The Morgan fingerprint density at radius 2 is 2.08 bits per heavy atom. The molecule has 0 aliphatic rings. The number of rotatable bonds is 1. The van der Waals surface area contributed by atoms with Crippen molar-refractivity contribution >= 4 is 0 Å². The molecule has 0 saturated heterocycles. The molecule has 0 unspecified atom stereocenters. The normalized spacial score (nSPS) is 10.9. The van der Waals surface area contributed by atoms with Crippen LogP contribution in [0, 0.1) is 16.7 Å². The molecule has 0 atom stereocenters. The van der Waals surface area contributed by atoms with Gasteiger partial charge in [-0.1, -0.05) is 26.8 Å². The van der Waals surface area contributed by atoms with E-state index in [4.69, 9.17) is 5.26 Å². The van der Waals surface area contributed by atoms with Gasteiger partial charge in [0.05, 0.1) is 0 Å². The lowest BCUT2D eigenvalue weighted by molar-refractivity contribution is 0.406. The van der Waals surface area contributed by atoms with E-state index in [1.165, 1.54) is 0 Å². The maximum Gasteiger partial charge on any atom is 0.140 e. The average molecular weight is 174 g/mol. The van der Waals surface area contributed by atoms with Gasteiger partial charge in [-0.05, 0) is 24.0 Å². The first kappa shape index (κ1) is 9.73. The zero-order valence-electron chi connectivity index (χ0n) is 8.33.